The molecule has 0 N–H and O–H groups in total. The fraction of sp³-hybridized carbons (Fsp3) is 0.294. The lowest BCUT2D eigenvalue weighted by atomic mass is 10.2. The Morgan fingerprint density at radius 3 is 2.62 bits per heavy atom. The van der Waals surface area contributed by atoms with Crippen molar-refractivity contribution in [3.8, 4) is 6.07 Å². The molecule has 2 aromatic rings. The van der Waals surface area contributed by atoms with E-state index < -0.39 is 0 Å². The van der Waals surface area contributed by atoms with Gasteiger partial charge >= 0.3 is 0 Å². The summed E-state index contributed by atoms with van der Waals surface area (Å²) >= 11 is 0. The highest BCUT2D eigenvalue weighted by Crippen LogP contribution is 2.31. The van der Waals surface area contributed by atoms with Crippen molar-refractivity contribution in [2.75, 3.05) is 11.4 Å². The second-order valence-corrected chi connectivity index (χ2v) is 5.44. The van der Waals surface area contributed by atoms with Gasteiger partial charge in [0.25, 0.3) is 0 Å². The predicted molar refractivity (Wildman–Crippen MR) is 79.1 cm³/mol. The standard InChI is InChI=1S/C17H16FN3/c18-15-8-6-14(7-9-15)12-21(11-13-4-5-13)17-3-1-2-16(10-19)20-17/h1-3,6-9,13H,4-5,11-12H2. The third-order valence-corrected chi connectivity index (χ3v) is 3.64. The number of nitrogens with zero attached hydrogens (tertiary/aromatic N) is 3. The second kappa shape index (κ2) is 5.92. The maximum Gasteiger partial charge on any atom is 0.142 e. The van der Waals surface area contributed by atoms with Gasteiger partial charge in [0.15, 0.2) is 0 Å². The number of hydrogen-bond acceptors (Lipinski definition) is 3. The van der Waals surface area contributed by atoms with Crippen LogP contribution in [0.15, 0.2) is 42.5 Å². The van der Waals surface area contributed by atoms with Crippen molar-refractivity contribution in [1.82, 2.24) is 4.98 Å². The Bertz CT molecular complexity index is 656. The average Bonchev–Trinajstić information content (AvgIpc) is 3.33. The lowest BCUT2D eigenvalue weighted by Crippen LogP contribution is -2.26. The van der Waals surface area contributed by atoms with E-state index in [0.29, 0.717) is 18.2 Å². The molecule has 1 fully saturated rings. The fourth-order valence-corrected chi connectivity index (χ4v) is 2.32. The molecule has 0 spiro atoms. The van der Waals surface area contributed by atoms with E-state index in [-0.39, 0.29) is 5.82 Å². The molecule has 0 amide bonds. The first-order valence-electron chi connectivity index (χ1n) is 7.11. The van der Waals surface area contributed by atoms with Crippen LogP contribution in [-0.2, 0) is 6.54 Å². The van der Waals surface area contributed by atoms with E-state index in [1.807, 2.05) is 12.1 Å². The first-order valence-corrected chi connectivity index (χ1v) is 7.11. The smallest absolute Gasteiger partial charge is 0.142 e. The van der Waals surface area contributed by atoms with Gasteiger partial charge in [-0.25, -0.2) is 9.37 Å². The van der Waals surface area contributed by atoms with Gasteiger partial charge in [-0.3, -0.25) is 0 Å². The number of anilines is 1. The number of rotatable bonds is 5. The SMILES string of the molecule is N#Cc1cccc(N(Cc2ccc(F)cc2)CC2CC2)n1. The number of pyridine rings is 1. The number of benzene rings is 1. The number of nitriles is 1. The molecular weight excluding hydrogens is 265 g/mol. The number of halogens is 1. The van der Waals surface area contributed by atoms with Gasteiger partial charge in [0.1, 0.15) is 23.4 Å². The molecule has 4 heteroatoms. The summed E-state index contributed by atoms with van der Waals surface area (Å²) in [6.07, 6.45) is 2.50. The normalized spacial score (nSPS) is 13.7. The van der Waals surface area contributed by atoms with Crippen LogP contribution < -0.4 is 4.90 Å². The zero-order valence-corrected chi connectivity index (χ0v) is 11.7. The second-order valence-electron chi connectivity index (χ2n) is 5.44. The highest BCUT2D eigenvalue weighted by Gasteiger charge is 2.25. The molecule has 0 unspecified atom stereocenters. The Hall–Kier alpha value is -2.41. The van der Waals surface area contributed by atoms with Gasteiger partial charge in [0, 0.05) is 13.1 Å². The molecule has 106 valence electrons. The predicted octanol–water partition coefficient (Wildman–Crippen LogP) is 3.51. The molecule has 1 aliphatic carbocycles. The summed E-state index contributed by atoms with van der Waals surface area (Å²) in [5.74, 6) is 1.29. The van der Waals surface area contributed by atoms with E-state index in [0.717, 1.165) is 17.9 Å². The van der Waals surface area contributed by atoms with Gasteiger partial charge in [-0.05, 0) is 48.6 Å². The van der Waals surface area contributed by atoms with Crippen LogP contribution in [0.4, 0.5) is 10.2 Å². The quantitative estimate of drug-likeness (QED) is 0.842. The zero-order chi connectivity index (χ0) is 14.7. The van der Waals surface area contributed by atoms with Gasteiger partial charge in [0.2, 0.25) is 0 Å². The van der Waals surface area contributed by atoms with Gasteiger partial charge in [0.05, 0.1) is 0 Å². The summed E-state index contributed by atoms with van der Waals surface area (Å²) in [6.45, 7) is 1.61. The lowest BCUT2D eigenvalue weighted by Gasteiger charge is -2.24. The fourth-order valence-electron chi connectivity index (χ4n) is 2.32. The molecule has 3 nitrogen and oxygen atoms in total. The van der Waals surface area contributed by atoms with Crippen molar-refractivity contribution in [1.29, 1.82) is 5.26 Å². The Balaban J connectivity index is 1.82. The number of hydrogen-bond donors (Lipinski definition) is 0. The summed E-state index contributed by atoms with van der Waals surface area (Å²) in [4.78, 5) is 6.55. The van der Waals surface area contributed by atoms with E-state index >= 15 is 0 Å². The van der Waals surface area contributed by atoms with E-state index in [4.69, 9.17) is 5.26 Å². The van der Waals surface area contributed by atoms with E-state index in [9.17, 15) is 4.39 Å². The molecule has 1 aromatic heterocycles. The van der Waals surface area contributed by atoms with Crippen LogP contribution in [0, 0.1) is 23.1 Å². The molecule has 21 heavy (non-hydrogen) atoms. The van der Waals surface area contributed by atoms with Gasteiger partial charge in [-0.2, -0.15) is 5.26 Å². The van der Waals surface area contributed by atoms with E-state index in [1.165, 1.54) is 25.0 Å². The topological polar surface area (TPSA) is 39.9 Å². The Labute approximate surface area is 123 Å². The average molecular weight is 281 g/mol. The molecule has 0 bridgehead atoms. The lowest BCUT2D eigenvalue weighted by molar-refractivity contribution is 0.626. The molecule has 0 saturated heterocycles. The van der Waals surface area contributed by atoms with Crippen molar-refractivity contribution in [3.05, 3.63) is 59.5 Å². The van der Waals surface area contributed by atoms with Crippen LogP contribution in [0.1, 0.15) is 24.1 Å². The molecular formula is C17H16FN3. The van der Waals surface area contributed by atoms with Crippen LogP contribution in [-0.4, -0.2) is 11.5 Å². The minimum absolute atomic E-state index is 0.225. The van der Waals surface area contributed by atoms with Gasteiger partial charge < -0.3 is 4.90 Å². The molecule has 1 aromatic carbocycles. The first kappa shape index (κ1) is 13.6. The largest absolute Gasteiger partial charge is 0.352 e. The molecule has 0 aliphatic heterocycles. The Morgan fingerprint density at radius 1 is 1.19 bits per heavy atom. The van der Waals surface area contributed by atoms with Crippen molar-refractivity contribution in [2.24, 2.45) is 5.92 Å². The minimum Gasteiger partial charge on any atom is -0.352 e. The van der Waals surface area contributed by atoms with Crippen molar-refractivity contribution in [3.63, 3.8) is 0 Å². The zero-order valence-electron chi connectivity index (χ0n) is 11.7. The third-order valence-electron chi connectivity index (χ3n) is 3.64. The van der Waals surface area contributed by atoms with Crippen LogP contribution in [0.5, 0.6) is 0 Å². The van der Waals surface area contributed by atoms with Crippen LogP contribution >= 0.6 is 0 Å². The molecule has 3 rings (SSSR count). The van der Waals surface area contributed by atoms with Crippen LogP contribution in [0.2, 0.25) is 0 Å². The van der Waals surface area contributed by atoms with Gasteiger partial charge in [-0.1, -0.05) is 18.2 Å². The Kier molecular flexibility index (Phi) is 3.83. The van der Waals surface area contributed by atoms with Gasteiger partial charge in [-0.15, -0.1) is 0 Å². The first-order chi connectivity index (χ1) is 10.2. The van der Waals surface area contributed by atoms with Crippen LogP contribution in [0.25, 0.3) is 0 Å². The van der Waals surface area contributed by atoms with Crippen molar-refractivity contribution in [2.45, 2.75) is 19.4 Å². The molecule has 1 heterocycles. The summed E-state index contributed by atoms with van der Waals surface area (Å²) < 4.78 is 13.0. The Morgan fingerprint density at radius 2 is 1.95 bits per heavy atom. The molecule has 0 radical (unpaired) electrons. The van der Waals surface area contributed by atoms with Crippen molar-refractivity contribution < 1.29 is 4.39 Å². The van der Waals surface area contributed by atoms with Crippen molar-refractivity contribution >= 4 is 5.82 Å². The minimum atomic E-state index is -0.225. The van der Waals surface area contributed by atoms with E-state index in [2.05, 4.69) is 16.0 Å². The van der Waals surface area contributed by atoms with Crippen LogP contribution in [0.3, 0.4) is 0 Å². The summed E-state index contributed by atoms with van der Waals surface area (Å²) in [7, 11) is 0. The molecule has 1 aliphatic rings. The summed E-state index contributed by atoms with van der Waals surface area (Å²) in [5.41, 5.74) is 1.47. The maximum atomic E-state index is 13.0. The summed E-state index contributed by atoms with van der Waals surface area (Å²) in [6, 6.07) is 14.1. The molecule has 0 atom stereocenters. The van der Waals surface area contributed by atoms with E-state index in [1.54, 1.807) is 18.2 Å². The maximum absolute atomic E-state index is 13.0. The number of aromatic nitrogens is 1. The molecule has 1 saturated carbocycles. The summed E-state index contributed by atoms with van der Waals surface area (Å²) in [5, 5.41) is 8.99. The highest BCUT2D eigenvalue weighted by atomic mass is 19.1. The third kappa shape index (κ3) is 3.57. The highest BCUT2D eigenvalue weighted by molar-refractivity contribution is 5.42. The monoisotopic (exact) mass is 281 g/mol.